The van der Waals surface area contributed by atoms with Crippen LogP contribution in [0.2, 0.25) is 5.02 Å². The molecule has 5 rings (SSSR count). The van der Waals surface area contributed by atoms with Gasteiger partial charge in [-0.3, -0.25) is 19.4 Å². The van der Waals surface area contributed by atoms with Gasteiger partial charge in [-0.15, -0.1) is 0 Å². The molecule has 0 bridgehead atoms. The van der Waals surface area contributed by atoms with Crippen LogP contribution in [0.15, 0.2) is 48.5 Å². The molecule has 3 aliphatic heterocycles. The normalized spacial score (nSPS) is 23.5. The van der Waals surface area contributed by atoms with Crippen LogP contribution in [0.25, 0.3) is 0 Å². The first-order chi connectivity index (χ1) is 16.0. The van der Waals surface area contributed by atoms with E-state index in [0.29, 0.717) is 16.8 Å². The number of rotatable bonds is 4. The molecule has 0 aromatic heterocycles. The summed E-state index contributed by atoms with van der Waals surface area (Å²) in [5.74, 6) is -0.483. The summed E-state index contributed by atoms with van der Waals surface area (Å²) in [7, 11) is 0. The average molecular weight is 471 g/mol. The molecule has 3 fully saturated rings. The molecule has 0 spiro atoms. The van der Waals surface area contributed by atoms with Gasteiger partial charge in [-0.05, 0) is 61.4 Å². The van der Waals surface area contributed by atoms with Gasteiger partial charge in [0.05, 0.1) is 18.2 Å². The summed E-state index contributed by atoms with van der Waals surface area (Å²) in [6.07, 6.45) is 2.23. The molecule has 1 atom stereocenters. The van der Waals surface area contributed by atoms with Crippen LogP contribution < -0.4 is 9.80 Å². The zero-order valence-electron chi connectivity index (χ0n) is 18.5. The second-order valence-electron chi connectivity index (χ2n) is 9.03. The molecular formula is C25H28ClFN4O2. The third-order valence-corrected chi connectivity index (χ3v) is 7.42. The summed E-state index contributed by atoms with van der Waals surface area (Å²) < 4.78 is 13.2. The lowest BCUT2D eigenvalue weighted by Crippen LogP contribution is -2.55. The zero-order chi connectivity index (χ0) is 22.9. The van der Waals surface area contributed by atoms with Gasteiger partial charge < -0.3 is 4.90 Å². The smallest absolute Gasteiger partial charge is 0.251 e. The number of nitrogens with zero attached hydrogens (tertiary/aromatic N) is 4. The highest BCUT2D eigenvalue weighted by Gasteiger charge is 2.43. The molecule has 0 radical (unpaired) electrons. The number of amides is 2. The van der Waals surface area contributed by atoms with Crippen LogP contribution in [-0.4, -0.2) is 73.0 Å². The Hall–Kier alpha value is -2.48. The Morgan fingerprint density at radius 2 is 1.36 bits per heavy atom. The minimum Gasteiger partial charge on any atom is -0.369 e. The molecule has 8 heteroatoms. The summed E-state index contributed by atoms with van der Waals surface area (Å²) in [5, 5.41) is 0.579. The van der Waals surface area contributed by atoms with Gasteiger partial charge in [-0.1, -0.05) is 11.6 Å². The van der Waals surface area contributed by atoms with Crippen LogP contribution in [0.4, 0.5) is 15.8 Å². The molecule has 3 heterocycles. The van der Waals surface area contributed by atoms with Crippen molar-refractivity contribution in [3.63, 3.8) is 0 Å². The fourth-order valence-corrected chi connectivity index (χ4v) is 5.45. The van der Waals surface area contributed by atoms with E-state index in [4.69, 9.17) is 11.6 Å². The second kappa shape index (κ2) is 9.41. The van der Waals surface area contributed by atoms with E-state index in [0.717, 1.165) is 57.8 Å². The van der Waals surface area contributed by atoms with E-state index in [1.54, 1.807) is 24.3 Å². The zero-order valence-corrected chi connectivity index (χ0v) is 19.3. The van der Waals surface area contributed by atoms with Crippen LogP contribution >= 0.6 is 11.6 Å². The van der Waals surface area contributed by atoms with Crippen molar-refractivity contribution in [2.45, 2.75) is 31.3 Å². The molecular weight excluding hydrogens is 443 g/mol. The average Bonchev–Trinajstić information content (AvgIpc) is 3.14. The first-order valence-electron chi connectivity index (χ1n) is 11.6. The lowest BCUT2D eigenvalue weighted by atomic mass is 10.00. The molecule has 2 amide bonds. The van der Waals surface area contributed by atoms with Gasteiger partial charge in [0, 0.05) is 56.0 Å². The Morgan fingerprint density at radius 1 is 0.758 bits per heavy atom. The number of anilines is 2. The van der Waals surface area contributed by atoms with Crippen molar-refractivity contribution in [2.24, 2.45) is 0 Å². The summed E-state index contributed by atoms with van der Waals surface area (Å²) in [6, 6.07) is 13.7. The van der Waals surface area contributed by atoms with Crippen molar-refractivity contribution < 1.29 is 14.0 Å². The maximum atomic E-state index is 13.2. The minimum absolute atomic E-state index is 0.131. The lowest BCUT2D eigenvalue weighted by molar-refractivity contribution is -0.123. The van der Waals surface area contributed by atoms with Gasteiger partial charge in [-0.2, -0.15) is 0 Å². The number of imide groups is 1. The van der Waals surface area contributed by atoms with Crippen molar-refractivity contribution in [2.75, 3.05) is 49.1 Å². The van der Waals surface area contributed by atoms with Gasteiger partial charge in [-0.25, -0.2) is 9.29 Å². The fraction of sp³-hybridized carbons (Fsp3) is 0.440. The lowest BCUT2D eigenvalue weighted by Gasteiger charge is -2.44. The van der Waals surface area contributed by atoms with E-state index in [1.165, 1.54) is 17.0 Å². The van der Waals surface area contributed by atoms with E-state index in [1.807, 2.05) is 12.1 Å². The first-order valence-corrected chi connectivity index (χ1v) is 12.0. The molecule has 3 saturated heterocycles. The van der Waals surface area contributed by atoms with Crippen LogP contribution in [0.5, 0.6) is 0 Å². The number of piperidine rings is 1. The number of benzene rings is 2. The maximum absolute atomic E-state index is 13.2. The van der Waals surface area contributed by atoms with Gasteiger partial charge >= 0.3 is 0 Å². The molecule has 33 heavy (non-hydrogen) atoms. The Balaban J connectivity index is 1.14. The molecule has 2 aromatic rings. The van der Waals surface area contributed by atoms with Crippen molar-refractivity contribution in [3.8, 4) is 0 Å². The van der Waals surface area contributed by atoms with Crippen molar-refractivity contribution in [1.29, 1.82) is 0 Å². The Kier molecular flexibility index (Phi) is 6.36. The standard InChI is InChI=1S/C25H28ClFN4O2/c26-18-1-5-22(6-2-18)31-24(32)17-23(25(31)33)30-11-9-21(10-12-30)29-15-13-28(14-16-29)20-7-3-19(27)4-8-20/h1-8,21,23H,9-17H2/t23-/m1/s1. The number of halogens is 2. The number of hydrogen-bond acceptors (Lipinski definition) is 5. The number of carbonyl (C=O) groups excluding carboxylic acids is 2. The van der Waals surface area contributed by atoms with Gasteiger partial charge in [0.25, 0.3) is 5.91 Å². The third-order valence-electron chi connectivity index (χ3n) is 7.17. The van der Waals surface area contributed by atoms with Gasteiger partial charge in [0.2, 0.25) is 5.91 Å². The number of likely N-dealkylation sites (tertiary alicyclic amines) is 1. The molecule has 0 saturated carbocycles. The molecule has 0 aliphatic carbocycles. The number of piperazine rings is 1. The van der Waals surface area contributed by atoms with Crippen molar-refractivity contribution in [3.05, 3.63) is 59.4 Å². The monoisotopic (exact) mass is 470 g/mol. The Bertz CT molecular complexity index is 1000. The largest absolute Gasteiger partial charge is 0.369 e. The molecule has 6 nitrogen and oxygen atoms in total. The molecule has 0 unspecified atom stereocenters. The highest BCUT2D eigenvalue weighted by molar-refractivity contribution is 6.30. The highest BCUT2D eigenvalue weighted by Crippen LogP contribution is 2.29. The summed E-state index contributed by atoms with van der Waals surface area (Å²) in [5.41, 5.74) is 1.66. The van der Waals surface area contributed by atoms with Crippen LogP contribution in [0.3, 0.4) is 0 Å². The summed E-state index contributed by atoms with van der Waals surface area (Å²) >= 11 is 5.95. The number of hydrogen-bond donors (Lipinski definition) is 0. The molecule has 3 aliphatic rings. The molecule has 174 valence electrons. The third kappa shape index (κ3) is 4.63. The van der Waals surface area contributed by atoms with E-state index >= 15 is 0 Å². The summed E-state index contributed by atoms with van der Waals surface area (Å²) in [6.45, 7) is 5.46. The predicted octanol–water partition coefficient (Wildman–Crippen LogP) is 3.40. The fourth-order valence-electron chi connectivity index (χ4n) is 5.32. The quantitative estimate of drug-likeness (QED) is 0.641. The second-order valence-corrected chi connectivity index (χ2v) is 9.47. The van der Waals surface area contributed by atoms with Crippen LogP contribution in [0.1, 0.15) is 19.3 Å². The van der Waals surface area contributed by atoms with E-state index in [9.17, 15) is 14.0 Å². The Morgan fingerprint density at radius 3 is 2.00 bits per heavy atom. The first kappa shape index (κ1) is 22.3. The minimum atomic E-state index is -0.371. The van der Waals surface area contributed by atoms with Crippen LogP contribution in [0, 0.1) is 5.82 Å². The number of carbonyl (C=O) groups is 2. The molecule has 0 N–H and O–H groups in total. The highest BCUT2D eigenvalue weighted by atomic mass is 35.5. The van der Waals surface area contributed by atoms with E-state index in [-0.39, 0.29) is 30.1 Å². The van der Waals surface area contributed by atoms with Crippen LogP contribution in [-0.2, 0) is 9.59 Å². The summed E-state index contributed by atoms with van der Waals surface area (Å²) in [4.78, 5) is 34.0. The van der Waals surface area contributed by atoms with E-state index < -0.39 is 0 Å². The van der Waals surface area contributed by atoms with Crippen molar-refractivity contribution in [1.82, 2.24) is 9.80 Å². The van der Waals surface area contributed by atoms with Gasteiger partial charge in [0.15, 0.2) is 0 Å². The van der Waals surface area contributed by atoms with Gasteiger partial charge in [0.1, 0.15) is 5.82 Å². The van der Waals surface area contributed by atoms with Crippen molar-refractivity contribution >= 4 is 34.8 Å². The Labute approximate surface area is 198 Å². The molecule has 2 aromatic carbocycles. The maximum Gasteiger partial charge on any atom is 0.251 e. The predicted molar refractivity (Wildman–Crippen MR) is 127 cm³/mol. The van der Waals surface area contributed by atoms with E-state index in [2.05, 4.69) is 14.7 Å². The SMILES string of the molecule is O=C1C[C@@H](N2CCC(N3CCN(c4ccc(F)cc4)CC3)CC2)C(=O)N1c1ccc(Cl)cc1. The topological polar surface area (TPSA) is 47.1 Å².